The Labute approximate surface area is 213 Å². The van der Waals surface area contributed by atoms with Crippen molar-refractivity contribution < 1.29 is 9.53 Å². The van der Waals surface area contributed by atoms with Gasteiger partial charge in [-0.25, -0.2) is 4.68 Å². The van der Waals surface area contributed by atoms with E-state index in [4.69, 9.17) is 15.6 Å². The molecule has 7 nitrogen and oxygen atoms in total. The van der Waals surface area contributed by atoms with Gasteiger partial charge in [-0.15, -0.1) is 0 Å². The molecule has 36 heavy (non-hydrogen) atoms. The number of ether oxygens (including phenoxy) is 1. The van der Waals surface area contributed by atoms with Gasteiger partial charge in [0.05, 0.1) is 6.04 Å². The summed E-state index contributed by atoms with van der Waals surface area (Å²) in [6.45, 7) is 9.97. The predicted molar refractivity (Wildman–Crippen MR) is 144 cm³/mol. The van der Waals surface area contributed by atoms with E-state index in [9.17, 15) is 4.79 Å². The monoisotopic (exact) mass is 487 g/mol. The van der Waals surface area contributed by atoms with E-state index in [-0.39, 0.29) is 11.6 Å². The van der Waals surface area contributed by atoms with Crippen LogP contribution in [0.5, 0.6) is 11.5 Å². The molecule has 2 aromatic carbocycles. The molecule has 0 unspecified atom stereocenters. The van der Waals surface area contributed by atoms with Crippen molar-refractivity contribution >= 4 is 11.7 Å². The Kier molecular flexibility index (Phi) is 6.75. The van der Waals surface area contributed by atoms with Crippen molar-refractivity contribution in [3.05, 3.63) is 60.2 Å². The molecule has 3 heterocycles. The van der Waals surface area contributed by atoms with Gasteiger partial charge < -0.3 is 15.8 Å². The molecule has 5 rings (SSSR count). The molecule has 1 saturated heterocycles. The number of likely N-dealkylation sites (tertiary alicyclic amines) is 1. The van der Waals surface area contributed by atoms with Gasteiger partial charge in [-0.05, 0) is 94.9 Å². The number of hydrogen-bond donors (Lipinski definition) is 2. The Morgan fingerprint density at radius 3 is 2.36 bits per heavy atom. The number of para-hydroxylation sites is 1. The highest BCUT2D eigenvalue weighted by Crippen LogP contribution is 2.41. The van der Waals surface area contributed by atoms with Crippen LogP contribution >= 0.6 is 0 Å². The lowest BCUT2D eigenvalue weighted by Gasteiger charge is -2.44. The Hall–Kier alpha value is -3.32. The molecule has 1 aromatic heterocycles. The zero-order valence-corrected chi connectivity index (χ0v) is 21.5. The van der Waals surface area contributed by atoms with Crippen LogP contribution in [0.25, 0.3) is 11.3 Å². The lowest BCUT2D eigenvalue weighted by atomic mass is 9.84. The smallest absolute Gasteiger partial charge is 0.254 e. The number of hydrogen-bond acceptors (Lipinski definition) is 5. The molecule has 0 spiro atoms. The summed E-state index contributed by atoms with van der Waals surface area (Å²) in [7, 11) is 0. The molecule has 0 radical (unpaired) electrons. The normalized spacial score (nSPS) is 18.9. The number of nitrogens with zero attached hydrogens (tertiary/aromatic N) is 3. The third-order valence-corrected chi connectivity index (χ3v) is 8.12. The molecule has 0 aliphatic carbocycles. The molecule has 2 aliphatic heterocycles. The summed E-state index contributed by atoms with van der Waals surface area (Å²) in [6, 6.07) is 17.6. The highest BCUT2D eigenvalue weighted by atomic mass is 16.5. The maximum Gasteiger partial charge on any atom is 0.254 e. The van der Waals surface area contributed by atoms with E-state index < -0.39 is 5.91 Å². The average Bonchev–Trinajstić information content (AvgIpc) is 3.30. The Morgan fingerprint density at radius 2 is 1.72 bits per heavy atom. The molecule has 2 aliphatic rings. The second-order valence-corrected chi connectivity index (χ2v) is 10.6. The Bertz CT molecular complexity index is 1190. The molecule has 3 aromatic rings. The minimum Gasteiger partial charge on any atom is -0.457 e. The zero-order valence-electron chi connectivity index (χ0n) is 21.5. The van der Waals surface area contributed by atoms with Gasteiger partial charge in [0.15, 0.2) is 0 Å². The Morgan fingerprint density at radius 1 is 1.06 bits per heavy atom. The summed E-state index contributed by atoms with van der Waals surface area (Å²) in [5.41, 5.74) is 8.09. The SMILES string of the molecule is CCC(C)(C)N1CCC([C@@H]2CCNc3c(C(N)=O)c(-c4ccc(Oc5ccccc5)cc4)nn32)CC1. The van der Waals surface area contributed by atoms with E-state index in [2.05, 4.69) is 35.7 Å². The predicted octanol–water partition coefficient (Wildman–Crippen LogP) is 5.70. The molecule has 0 saturated carbocycles. The summed E-state index contributed by atoms with van der Waals surface area (Å²) in [4.78, 5) is 15.2. The fourth-order valence-corrected chi connectivity index (χ4v) is 5.59. The van der Waals surface area contributed by atoms with Gasteiger partial charge in [-0.2, -0.15) is 5.10 Å². The number of anilines is 1. The minimum atomic E-state index is -0.455. The molecule has 0 bridgehead atoms. The number of nitrogens with two attached hydrogens (primary N) is 1. The first-order valence-electron chi connectivity index (χ1n) is 13.1. The van der Waals surface area contributed by atoms with Crippen LogP contribution < -0.4 is 15.8 Å². The minimum absolute atomic E-state index is 0.235. The Balaban J connectivity index is 1.40. The summed E-state index contributed by atoms with van der Waals surface area (Å²) >= 11 is 0. The highest BCUT2D eigenvalue weighted by molar-refractivity contribution is 6.03. The number of fused-ring (bicyclic) bond motifs is 1. The van der Waals surface area contributed by atoms with Crippen molar-refractivity contribution in [2.45, 2.75) is 58.0 Å². The number of piperidine rings is 1. The van der Waals surface area contributed by atoms with Gasteiger partial charge in [-0.1, -0.05) is 25.1 Å². The fourth-order valence-electron chi connectivity index (χ4n) is 5.59. The van der Waals surface area contributed by atoms with Crippen molar-refractivity contribution in [1.82, 2.24) is 14.7 Å². The molecular formula is C29H37N5O2. The van der Waals surface area contributed by atoms with E-state index in [0.29, 0.717) is 17.2 Å². The number of carbonyl (C=O) groups is 1. The van der Waals surface area contributed by atoms with Crippen molar-refractivity contribution in [2.24, 2.45) is 11.7 Å². The molecule has 3 N–H and O–H groups in total. The molecular weight excluding hydrogens is 450 g/mol. The number of carbonyl (C=O) groups excluding carboxylic acids is 1. The quantitative estimate of drug-likeness (QED) is 0.447. The van der Waals surface area contributed by atoms with Crippen molar-refractivity contribution in [2.75, 3.05) is 25.0 Å². The lowest BCUT2D eigenvalue weighted by molar-refractivity contribution is 0.0555. The van der Waals surface area contributed by atoms with E-state index in [1.165, 1.54) is 0 Å². The van der Waals surface area contributed by atoms with Crippen LogP contribution in [0.4, 0.5) is 5.82 Å². The van der Waals surface area contributed by atoms with Gasteiger partial charge in [0.1, 0.15) is 28.6 Å². The maximum absolute atomic E-state index is 12.6. The van der Waals surface area contributed by atoms with Gasteiger partial charge in [0, 0.05) is 17.6 Å². The highest BCUT2D eigenvalue weighted by Gasteiger charge is 2.37. The largest absolute Gasteiger partial charge is 0.457 e. The molecule has 1 amide bonds. The summed E-state index contributed by atoms with van der Waals surface area (Å²) in [5.74, 6) is 2.34. The summed E-state index contributed by atoms with van der Waals surface area (Å²) in [5, 5.41) is 8.42. The van der Waals surface area contributed by atoms with E-state index >= 15 is 0 Å². The van der Waals surface area contributed by atoms with Crippen molar-refractivity contribution in [1.29, 1.82) is 0 Å². The maximum atomic E-state index is 12.6. The fraction of sp³-hybridized carbons (Fsp3) is 0.448. The van der Waals surface area contributed by atoms with Gasteiger partial charge in [0.2, 0.25) is 0 Å². The second kappa shape index (κ2) is 9.97. The molecule has 1 fully saturated rings. The topological polar surface area (TPSA) is 85.4 Å². The van der Waals surface area contributed by atoms with Crippen LogP contribution in [0.2, 0.25) is 0 Å². The van der Waals surface area contributed by atoms with E-state index in [0.717, 1.165) is 68.2 Å². The first kappa shape index (κ1) is 24.4. The van der Waals surface area contributed by atoms with Crippen LogP contribution in [0, 0.1) is 5.92 Å². The molecule has 190 valence electrons. The zero-order chi connectivity index (χ0) is 25.3. The average molecular weight is 488 g/mol. The van der Waals surface area contributed by atoms with Crippen LogP contribution in [-0.2, 0) is 0 Å². The van der Waals surface area contributed by atoms with Crippen LogP contribution in [0.3, 0.4) is 0 Å². The van der Waals surface area contributed by atoms with E-state index in [1.54, 1.807) is 0 Å². The molecule has 1 atom stereocenters. The number of benzene rings is 2. The van der Waals surface area contributed by atoms with Crippen LogP contribution in [0.15, 0.2) is 54.6 Å². The standard InChI is InChI=1S/C29H37N5O2/c1-4-29(2,3)33-18-15-20(16-19-33)24-14-17-31-28-25(27(30)35)26(32-34(24)28)21-10-12-23(13-11-21)36-22-8-6-5-7-9-22/h5-13,20,24,31H,4,14-19H2,1-3H3,(H2,30,35)/t24-/m0/s1. The van der Waals surface area contributed by atoms with Crippen molar-refractivity contribution in [3.63, 3.8) is 0 Å². The van der Waals surface area contributed by atoms with Gasteiger partial charge >= 0.3 is 0 Å². The molecule has 7 heteroatoms. The van der Waals surface area contributed by atoms with Crippen LogP contribution in [0.1, 0.15) is 62.9 Å². The first-order chi connectivity index (χ1) is 17.4. The van der Waals surface area contributed by atoms with Crippen LogP contribution in [-0.4, -0.2) is 45.8 Å². The van der Waals surface area contributed by atoms with Gasteiger partial charge in [0.25, 0.3) is 5.91 Å². The lowest BCUT2D eigenvalue weighted by Crippen LogP contribution is -2.49. The summed E-state index contributed by atoms with van der Waals surface area (Å²) < 4.78 is 7.99. The summed E-state index contributed by atoms with van der Waals surface area (Å²) in [6.07, 6.45) is 4.42. The number of rotatable bonds is 7. The third kappa shape index (κ3) is 4.72. The van der Waals surface area contributed by atoms with Gasteiger partial charge in [-0.3, -0.25) is 9.69 Å². The first-order valence-corrected chi connectivity index (χ1v) is 13.1. The number of amides is 1. The van der Waals surface area contributed by atoms with Crippen molar-refractivity contribution in [3.8, 4) is 22.8 Å². The number of nitrogens with one attached hydrogen (secondary N) is 1. The number of aromatic nitrogens is 2. The van der Waals surface area contributed by atoms with E-state index in [1.807, 2.05) is 54.6 Å². The second-order valence-electron chi connectivity index (χ2n) is 10.6. The third-order valence-electron chi connectivity index (χ3n) is 8.12. The number of primary amides is 1.